The van der Waals surface area contributed by atoms with E-state index in [0.29, 0.717) is 4.31 Å². The predicted molar refractivity (Wildman–Crippen MR) is 72.2 cm³/mol. The third-order valence-corrected chi connectivity index (χ3v) is 4.06. The second kappa shape index (κ2) is 5.16. The largest absolute Gasteiger partial charge is 0.479 e. The average molecular weight is 328 g/mol. The minimum atomic E-state index is -4.85. The van der Waals surface area contributed by atoms with E-state index in [-0.39, 0.29) is 15.7 Å². The van der Waals surface area contributed by atoms with E-state index in [4.69, 9.17) is 28.3 Å². The van der Waals surface area contributed by atoms with Gasteiger partial charge in [-0.25, -0.2) is 9.10 Å². The van der Waals surface area contributed by atoms with E-state index < -0.39 is 21.8 Å². The summed E-state index contributed by atoms with van der Waals surface area (Å²) in [5, 5.41) is 9.19. The zero-order valence-electron chi connectivity index (χ0n) is 9.96. The number of anilines is 1. The summed E-state index contributed by atoms with van der Waals surface area (Å²) < 4.78 is 32.5. The number of aliphatic carboxylic acids is 1. The molecule has 0 spiro atoms. The van der Waals surface area contributed by atoms with Crippen LogP contribution in [-0.4, -0.2) is 29.6 Å². The van der Waals surface area contributed by atoms with Crippen LogP contribution in [0.15, 0.2) is 18.2 Å². The van der Waals surface area contributed by atoms with Crippen molar-refractivity contribution in [1.82, 2.24) is 0 Å². The van der Waals surface area contributed by atoms with Gasteiger partial charge in [0.1, 0.15) is 5.54 Å². The molecule has 106 valence electrons. The summed E-state index contributed by atoms with van der Waals surface area (Å²) in [5.41, 5.74) is -2.16. The summed E-state index contributed by atoms with van der Waals surface area (Å²) in [7, 11) is -4.85. The lowest BCUT2D eigenvalue weighted by Crippen LogP contribution is -2.53. The molecule has 19 heavy (non-hydrogen) atoms. The van der Waals surface area contributed by atoms with Crippen molar-refractivity contribution in [2.45, 2.75) is 19.4 Å². The van der Waals surface area contributed by atoms with Gasteiger partial charge in [-0.05, 0) is 32.0 Å². The third-order valence-electron chi connectivity index (χ3n) is 2.39. The minimum Gasteiger partial charge on any atom is -0.479 e. The zero-order chi connectivity index (χ0) is 15.0. The van der Waals surface area contributed by atoms with Crippen molar-refractivity contribution in [3.63, 3.8) is 0 Å². The predicted octanol–water partition coefficient (Wildman–Crippen LogP) is 2.47. The molecule has 0 fully saturated rings. The number of halogens is 2. The highest BCUT2D eigenvalue weighted by Crippen LogP contribution is 2.35. The lowest BCUT2D eigenvalue weighted by atomic mass is 10.1. The number of carboxylic acid groups (broad SMARTS) is 1. The van der Waals surface area contributed by atoms with Crippen LogP contribution in [0.4, 0.5) is 5.69 Å². The number of hydrogen-bond donors (Lipinski definition) is 2. The number of carbonyl (C=O) groups is 1. The van der Waals surface area contributed by atoms with Gasteiger partial charge in [0, 0.05) is 5.02 Å². The van der Waals surface area contributed by atoms with E-state index in [9.17, 15) is 17.8 Å². The van der Waals surface area contributed by atoms with Gasteiger partial charge in [0.15, 0.2) is 0 Å². The molecule has 0 saturated heterocycles. The fraction of sp³-hybridized carbons (Fsp3) is 0.300. The molecule has 0 amide bonds. The molecule has 0 aromatic heterocycles. The van der Waals surface area contributed by atoms with E-state index in [2.05, 4.69) is 0 Å². The quantitative estimate of drug-likeness (QED) is 0.828. The van der Waals surface area contributed by atoms with E-state index in [1.807, 2.05) is 0 Å². The van der Waals surface area contributed by atoms with Crippen LogP contribution in [0.2, 0.25) is 10.0 Å². The van der Waals surface area contributed by atoms with Crippen LogP contribution in [0.3, 0.4) is 0 Å². The standard InChI is InChI=1S/C10H11Cl2NO5S/c1-10(2,9(14)15)13(19(16,17)18)8-5-6(11)3-4-7(8)12/h3-5H,1-2H3,(H,14,15)(H,16,17,18). The lowest BCUT2D eigenvalue weighted by molar-refractivity contribution is -0.141. The first kappa shape index (κ1) is 16.0. The molecule has 0 atom stereocenters. The molecule has 2 N–H and O–H groups in total. The van der Waals surface area contributed by atoms with Crippen molar-refractivity contribution in [3.05, 3.63) is 28.2 Å². The van der Waals surface area contributed by atoms with E-state index >= 15 is 0 Å². The summed E-state index contributed by atoms with van der Waals surface area (Å²) >= 11 is 11.6. The molecular weight excluding hydrogens is 317 g/mol. The first-order valence-electron chi connectivity index (χ1n) is 4.94. The Bertz CT molecular complexity index is 614. The molecule has 0 heterocycles. The van der Waals surface area contributed by atoms with Crippen LogP contribution in [0.1, 0.15) is 13.8 Å². The molecular formula is C10H11Cl2NO5S. The van der Waals surface area contributed by atoms with Crippen molar-refractivity contribution >= 4 is 45.2 Å². The van der Waals surface area contributed by atoms with Gasteiger partial charge >= 0.3 is 16.3 Å². The molecule has 0 aliphatic carbocycles. The van der Waals surface area contributed by atoms with Crippen molar-refractivity contribution < 1.29 is 22.9 Å². The maximum absolute atomic E-state index is 11.5. The smallest absolute Gasteiger partial charge is 0.361 e. The Hall–Kier alpha value is -1.02. The molecule has 0 unspecified atom stereocenters. The van der Waals surface area contributed by atoms with Gasteiger partial charge in [-0.1, -0.05) is 23.2 Å². The second-order valence-electron chi connectivity index (χ2n) is 4.20. The summed E-state index contributed by atoms with van der Waals surface area (Å²) in [4.78, 5) is 11.2. The van der Waals surface area contributed by atoms with Crippen LogP contribution in [0, 0.1) is 0 Å². The number of nitrogens with zero attached hydrogens (tertiary/aromatic N) is 1. The molecule has 6 nitrogen and oxygen atoms in total. The maximum Gasteiger partial charge on any atom is 0.361 e. The Morgan fingerprint density at radius 3 is 2.26 bits per heavy atom. The SMILES string of the molecule is CC(C)(C(=O)O)N(c1cc(Cl)ccc1Cl)S(=O)(=O)O. The maximum atomic E-state index is 11.5. The Morgan fingerprint density at radius 1 is 1.32 bits per heavy atom. The van der Waals surface area contributed by atoms with Crippen molar-refractivity contribution in [3.8, 4) is 0 Å². The summed E-state index contributed by atoms with van der Waals surface area (Å²) in [5.74, 6) is -1.46. The van der Waals surface area contributed by atoms with Crippen molar-refractivity contribution in [2.75, 3.05) is 4.31 Å². The van der Waals surface area contributed by atoms with Crippen LogP contribution in [0.5, 0.6) is 0 Å². The summed E-state index contributed by atoms with van der Waals surface area (Å²) in [6, 6.07) is 3.86. The fourth-order valence-corrected chi connectivity index (χ4v) is 2.92. The number of benzene rings is 1. The summed E-state index contributed by atoms with van der Waals surface area (Å²) in [6.45, 7) is 2.22. The topological polar surface area (TPSA) is 94.9 Å². The van der Waals surface area contributed by atoms with Crippen LogP contribution in [0.25, 0.3) is 0 Å². The Balaban J connectivity index is 3.60. The number of hydrogen-bond acceptors (Lipinski definition) is 3. The van der Waals surface area contributed by atoms with Crippen LogP contribution in [-0.2, 0) is 15.1 Å². The van der Waals surface area contributed by atoms with Gasteiger partial charge in [0.25, 0.3) is 0 Å². The van der Waals surface area contributed by atoms with E-state index in [0.717, 1.165) is 19.9 Å². The van der Waals surface area contributed by atoms with E-state index in [1.165, 1.54) is 12.1 Å². The second-order valence-corrected chi connectivity index (χ2v) is 6.31. The number of carboxylic acids is 1. The Morgan fingerprint density at radius 2 is 1.84 bits per heavy atom. The minimum absolute atomic E-state index is 0.0589. The van der Waals surface area contributed by atoms with Crippen molar-refractivity contribution in [2.24, 2.45) is 0 Å². The highest BCUT2D eigenvalue weighted by atomic mass is 35.5. The first-order valence-corrected chi connectivity index (χ1v) is 7.09. The molecule has 1 aromatic rings. The lowest BCUT2D eigenvalue weighted by Gasteiger charge is -2.33. The highest BCUT2D eigenvalue weighted by Gasteiger charge is 2.42. The van der Waals surface area contributed by atoms with Gasteiger partial charge < -0.3 is 5.11 Å². The Kier molecular flexibility index (Phi) is 4.36. The normalized spacial score (nSPS) is 12.3. The highest BCUT2D eigenvalue weighted by molar-refractivity contribution is 7.87. The van der Waals surface area contributed by atoms with Gasteiger partial charge in [-0.2, -0.15) is 8.42 Å². The molecule has 0 aliphatic heterocycles. The molecule has 0 aliphatic rings. The molecule has 0 radical (unpaired) electrons. The molecule has 0 bridgehead atoms. The van der Waals surface area contributed by atoms with Crippen molar-refractivity contribution in [1.29, 1.82) is 0 Å². The Labute approximate surface area is 120 Å². The van der Waals surface area contributed by atoms with Gasteiger partial charge in [-0.3, -0.25) is 4.55 Å². The van der Waals surface area contributed by atoms with E-state index in [1.54, 1.807) is 0 Å². The average Bonchev–Trinajstić information content (AvgIpc) is 2.20. The molecule has 0 saturated carbocycles. The summed E-state index contributed by atoms with van der Waals surface area (Å²) in [6.07, 6.45) is 0. The molecule has 1 aromatic carbocycles. The fourth-order valence-electron chi connectivity index (χ4n) is 1.44. The number of rotatable bonds is 4. The molecule has 9 heteroatoms. The van der Waals surface area contributed by atoms with Gasteiger partial charge in [0.05, 0.1) is 10.7 Å². The monoisotopic (exact) mass is 327 g/mol. The van der Waals surface area contributed by atoms with Gasteiger partial charge in [0.2, 0.25) is 0 Å². The van der Waals surface area contributed by atoms with Crippen LogP contribution >= 0.6 is 23.2 Å². The first-order chi connectivity index (χ1) is 8.48. The van der Waals surface area contributed by atoms with Gasteiger partial charge in [-0.15, -0.1) is 0 Å². The van der Waals surface area contributed by atoms with Crippen LogP contribution < -0.4 is 4.31 Å². The zero-order valence-corrected chi connectivity index (χ0v) is 12.3. The third kappa shape index (κ3) is 3.30. The molecule has 1 rings (SSSR count).